The van der Waals surface area contributed by atoms with Gasteiger partial charge in [-0.1, -0.05) is 0 Å². The van der Waals surface area contributed by atoms with Gasteiger partial charge < -0.3 is 11.5 Å². The highest BCUT2D eigenvalue weighted by Gasteiger charge is 1.90. The van der Waals surface area contributed by atoms with Crippen LogP contribution in [0.2, 0.25) is 0 Å². The summed E-state index contributed by atoms with van der Waals surface area (Å²) in [7, 11) is 0. The van der Waals surface area contributed by atoms with Gasteiger partial charge in [0.25, 0.3) is 0 Å². The van der Waals surface area contributed by atoms with E-state index in [2.05, 4.69) is 45.6 Å². The molecule has 0 aromatic rings. The molecule has 0 atom stereocenters. The Morgan fingerprint density at radius 1 is 1.11 bits per heavy atom. The Bertz CT molecular complexity index is 124. The lowest BCUT2D eigenvalue weighted by Gasteiger charge is -1.98. The molecule has 0 unspecified atom stereocenters. The number of hydrogen-bond donors (Lipinski definition) is 3. The topological polar surface area (TPSA) is 88.8 Å². The lowest BCUT2D eigenvalue weighted by Crippen LogP contribution is -2.40. The zero-order valence-electron chi connectivity index (χ0n) is 4.31. The number of hydrogen-bond acceptors (Lipinski definition) is 2. The molecule has 9 heavy (non-hydrogen) atoms. The van der Waals surface area contributed by atoms with E-state index < -0.39 is 0 Å². The largest absolute Gasteiger partial charge is 0.369 e. The van der Waals surface area contributed by atoms with E-state index in [0.717, 1.165) is 0 Å². The molecule has 0 amide bonds. The Kier molecular flexibility index (Phi) is 4.41. The van der Waals surface area contributed by atoms with E-state index >= 15 is 0 Å². The van der Waals surface area contributed by atoms with Crippen LogP contribution in [0.3, 0.4) is 0 Å². The first-order chi connectivity index (χ1) is 4.20. The molecule has 5 nitrogen and oxygen atoms in total. The standard InChI is InChI=1S/C2H5Br2N5/c3-8-1(5)7-2(6)9-4/h(H5,5,6,7,8,9). The summed E-state index contributed by atoms with van der Waals surface area (Å²) in [5.74, 6) is 0.298. The van der Waals surface area contributed by atoms with Gasteiger partial charge in [0, 0.05) is 0 Å². The molecule has 0 bridgehead atoms. The molecule has 0 aliphatic rings. The Hall–Kier alpha value is -0.300. The fraction of sp³-hybridized carbons (Fsp3) is 0. The van der Waals surface area contributed by atoms with Crippen molar-refractivity contribution in [1.29, 1.82) is 0 Å². The number of nitrogens with one attached hydrogen (secondary N) is 1. The number of guanidine groups is 2. The maximum absolute atomic E-state index is 5.16. The third kappa shape index (κ3) is 4.22. The molecule has 0 heterocycles. The highest BCUT2D eigenvalue weighted by Crippen LogP contribution is 1.80. The van der Waals surface area contributed by atoms with Crippen LogP contribution in [0.25, 0.3) is 0 Å². The molecule has 0 fully saturated rings. The van der Waals surface area contributed by atoms with Crippen molar-refractivity contribution in [2.75, 3.05) is 0 Å². The summed E-state index contributed by atoms with van der Waals surface area (Å²) < 4.78 is 6.78. The minimum absolute atomic E-state index is 0.149. The summed E-state index contributed by atoms with van der Waals surface area (Å²) in [5, 5.41) is 2.44. The second-order valence-electron chi connectivity index (χ2n) is 1.06. The first-order valence-electron chi connectivity index (χ1n) is 1.86. The Morgan fingerprint density at radius 2 is 1.44 bits per heavy atom. The summed E-state index contributed by atoms with van der Waals surface area (Å²) >= 11 is 5.49. The zero-order chi connectivity index (χ0) is 7.28. The van der Waals surface area contributed by atoms with Crippen molar-refractivity contribution in [3.05, 3.63) is 0 Å². The van der Waals surface area contributed by atoms with Gasteiger partial charge >= 0.3 is 0 Å². The third-order valence-electron chi connectivity index (χ3n) is 0.438. The molecule has 52 valence electrons. The van der Waals surface area contributed by atoms with E-state index in [4.69, 9.17) is 11.5 Å². The first kappa shape index (κ1) is 8.70. The van der Waals surface area contributed by atoms with Gasteiger partial charge in [-0.3, -0.25) is 5.32 Å². The number of halogens is 2. The number of nitrogens with two attached hydrogens (primary N) is 2. The van der Waals surface area contributed by atoms with Gasteiger partial charge in [0.05, 0.1) is 32.3 Å². The summed E-state index contributed by atoms with van der Waals surface area (Å²) in [6.45, 7) is 0. The quantitative estimate of drug-likeness (QED) is 0.416. The van der Waals surface area contributed by atoms with E-state index in [1.54, 1.807) is 0 Å². The predicted molar refractivity (Wildman–Crippen MR) is 44.2 cm³/mol. The monoisotopic (exact) mass is 257 g/mol. The normalized spacial score (nSPS) is 13.6. The van der Waals surface area contributed by atoms with Gasteiger partial charge in [-0.25, -0.2) is 0 Å². The van der Waals surface area contributed by atoms with Gasteiger partial charge in [0.2, 0.25) is 11.9 Å². The Balaban J connectivity index is 3.75. The summed E-state index contributed by atoms with van der Waals surface area (Å²) in [6.07, 6.45) is 0. The molecule has 7 heteroatoms. The molecular weight excluding hydrogens is 254 g/mol. The minimum atomic E-state index is 0.149. The molecular formula is C2H5Br2N5. The molecule has 0 aromatic carbocycles. The van der Waals surface area contributed by atoms with E-state index in [1.807, 2.05) is 0 Å². The summed E-state index contributed by atoms with van der Waals surface area (Å²) in [4.78, 5) is 0. The van der Waals surface area contributed by atoms with Gasteiger partial charge in [0.15, 0.2) is 0 Å². The number of nitrogens with zero attached hydrogens (tertiary/aromatic N) is 2. The maximum atomic E-state index is 5.16. The predicted octanol–water partition coefficient (Wildman–Crippen LogP) is -0.175. The first-order valence-corrected chi connectivity index (χ1v) is 3.28. The van der Waals surface area contributed by atoms with Crippen molar-refractivity contribution in [2.24, 2.45) is 19.5 Å². The smallest absolute Gasteiger partial charge is 0.207 e. The van der Waals surface area contributed by atoms with Crippen LogP contribution in [-0.4, -0.2) is 11.9 Å². The van der Waals surface area contributed by atoms with Crippen LogP contribution in [0.1, 0.15) is 0 Å². The highest BCUT2D eigenvalue weighted by atomic mass is 79.9. The van der Waals surface area contributed by atoms with Gasteiger partial charge in [-0.05, 0) is 0 Å². The minimum Gasteiger partial charge on any atom is -0.369 e. The van der Waals surface area contributed by atoms with Crippen LogP contribution < -0.4 is 16.8 Å². The average molecular weight is 259 g/mol. The lowest BCUT2D eigenvalue weighted by molar-refractivity contribution is 1.28. The molecule has 0 aliphatic heterocycles. The third-order valence-corrected chi connectivity index (χ3v) is 1.20. The fourth-order valence-corrected chi connectivity index (χ4v) is 0.351. The Labute approximate surface area is 69.3 Å². The highest BCUT2D eigenvalue weighted by molar-refractivity contribution is 9.08. The molecule has 0 radical (unpaired) electrons. The van der Waals surface area contributed by atoms with Gasteiger partial charge in [0.1, 0.15) is 0 Å². The molecule has 0 spiro atoms. The lowest BCUT2D eigenvalue weighted by atomic mass is 10.9. The SMILES string of the molecule is NC(=NBr)NC(N)=NBr. The zero-order valence-corrected chi connectivity index (χ0v) is 7.48. The van der Waals surface area contributed by atoms with Crippen molar-refractivity contribution in [1.82, 2.24) is 5.32 Å². The number of rotatable bonds is 0. The van der Waals surface area contributed by atoms with Crippen molar-refractivity contribution in [2.45, 2.75) is 0 Å². The van der Waals surface area contributed by atoms with Crippen molar-refractivity contribution in [3.8, 4) is 0 Å². The summed E-state index contributed by atoms with van der Waals surface area (Å²) in [6, 6.07) is 0. The van der Waals surface area contributed by atoms with E-state index in [1.165, 1.54) is 0 Å². The van der Waals surface area contributed by atoms with Crippen LogP contribution in [0.15, 0.2) is 8.04 Å². The molecule has 0 aliphatic carbocycles. The molecule has 0 rings (SSSR count). The summed E-state index contributed by atoms with van der Waals surface area (Å²) in [5.41, 5.74) is 10.3. The van der Waals surface area contributed by atoms with Crippen LogP contribution in [0, 0.1) is 0 Å². The maximum Gasteiger partial charge on any atom is 0.207 e. The van der Waals surface area contributed by atoms with E-state index in [0.29, 0.717) is 0 Å². The Morgan fingerprint density at radius 3 is 1.67 bits per heavy atom. The van der Waals surface area contributed by atoms with Crippen LogP contribution in [-0.2, 0) is 0 Å². The second-order valence-corrected chi connectivity index (χ2v) is 1.77. The van der Waals surface area contributed by atoms with E-state index in [-0.39, 0.29) is 11.9 Å². The van der Waals surface area contributed by atoms with Crippen molar-refractivity contribution >= 4 is 44.2 Å². The van der Waals surface area contributed by atoms with Crippen molar-refractivity contribution < 1.29 is 0 Å². The van der Waals surface area contributed by atoms with Gasteiger partial charge in [-0.15, -0.1) is 0 Å². The van der Waals surface area contributed by atoms with E-state index in [9.17, 15) is 0 Å². The molecule has 0 aromatic heterocycles. The van der Waals surface area contributed by atoms with Crippen LogP contribution in [0.4, 0.5) is 0 Å². The van der Waals surface area contributed by atoms with Crippen molar-refractivity contribution in [3.63, 3.8) is 0 Å². The van der Waals surface area contributed by atoms with Crippen LogP contribution in [0.5, 0.6) is 0 Å². The molecule has 0 saturated carbocycles. The molecule has 0 saturated heterocycles. The van der Waals surface area contributed by atoms with Crippen LogP contribution >= 0.6 is 32.3 Å². The van der Waals surface area contributed by atoms with Gasteiger partial charge in [-0.2, -0.15) is 8.04 Å². The molecule has 5 N–H and O–H groups in total. The average Bonchev–Trinajstić information content (AvgIpc) is 1.87. The second kappa shape index (κ2) is 4.57. The fourth-order valence-electron chi connectivity index (χ4n) is 0.173.